The molecule has 0 bridgehead atoms. The second kappa shape index (κ2) is 4.78. The number of hydrogen-bond donors (Lipinski definition) is 1. The van der Waals surface area contributed by atoms with Crippen molar-refractivity contribution < 1.29 is 9.47 Å². The summed E-state index contributed by atoms with van der Waals surface area (Å²) >= 11 is 0. The van der Waals surface area contributed by atoms with Crippen LogP contribution in [0.5, 0.6) is 17.2 Å². The van der Waals surface area contributed by atoms with E-state index in [0.717, 1.165) is 36.8 Å². The van der Waals surface area contributed by atoms with E-state index in [9.17, 15) is 0 Å². The van der Waals surface area contributed by atoms with Gasteiger partial charge in [-0.3, -0.25) is 0 Å². The highest BCUT2D eigenvalue weighted by atomic mass is 16.5. The molecule has 0 radical (unpaired) electrons. The molecule has 0 amide bonds. The highest BCUT2D eigenvalue weighted by Gasteiger charge is 2.44. The number of ether oxygens (including phenoxy) is 2. The lowest BCUT2D eigenvalue weighted by atomic mass is 9.80. The van der Waals surface area contributed by atoms with Crippen LogP contribution in [0.3, 0.4) is 0 Å². The highest BCUT2D eigenvalue weighted by Crippen LogP contribution is 2.45. The number of fused-ring (bicyclic) bond motifs is 3. The van der Waals surface area contributed by atoms with Crippen LogP contribution in [-0.2, 0) is 0 Å². The minimum Gasteiger partial charge on any atom is -0.491 e. The third-order valence-electron chi connectivity index (χ3n) is 4.59. The van der Waals surface area contributed by atoms with E-state index in [2.05, 4.69) is 18.3 Å². The van der Waals surface area contributed by atoms with Gasteiger partial charge in [-0.1, -0.05) is 18.2 Å². The van der Waals surface area contributed by atoms with Gasteiger partial charge in [0.15, 0.2) is 0 Å². The maximum atomic E-state index is 5.95. The molecule has 2 aromatic rings. The van der Waals surface area contributed by atoms with Gasteiger partial charge < -0.3 is 14.8 Å². The van der Waals surface area contributed by atoms with Crippen LogP contribution in [0.1, 0.15) is 24.8 Å². The Kier molecular flexibility index (Phi) is 2.89. The molecule has 2 aromatic carbocycles. The van der Waals surface area contributed by atoms with Crippen molar-refractivity contribution in [1.29, 1.82) is 0 Å². The molecule has 4 rings (SSSR count). The lowest BCUT2D eigenvalue weighted by molar-refractivity contribution is 0.170. The van der Waals surface area contributed by atoms with Gasteiger partial charge in [0, 0.05) is 11.5 Å². The van der Waals surface area contributed by atoms with Gasteiger partial charge in [0.05, 0.1) is 5.54 Å². The van der Waals surface area contributed by atoms with Crippen molar-refractivity contribution in [1.82, 2.24) is 5.32 Å². The second-order valence-electron chi connectivity index (χ2n) is 6.09. The monoisotopic (exact) mass is 281 g/mol. The lowest BCUT2D eigenvalue weighted by Gasteiger charge is -2.37. The number of para-hydroxylation sites is 1. The normalized spacial score (nSPS) is 26.6. The number of rotatable bonds is 2. The summed E-state index contributed by atoms with van der Waals surface area (Å²) in [5, 5.41) is 3.58. The van der Waals surface area contributed by atoms with Crippen LogP contribution in [0.15, 0.2) is 48.5 Å². The van der Waals surface area contributed by atoms with Crippen molar-refractivity contribution >= 4 is 0 Å². The van der Waals surface area contributed by atoms with E-state index < -0.39 is 0 Å². The Labute approximate surface area is 124 Å². The molecule has 0 aliphatic carbocycles. The molecule has 108 valence electrons. The highest BCUT2D eigenvalue weighted by molar-refractivity contribution is 5.47. The first-order valence-corrected chi connectivity index (χ1v) is 7.49. The molecule has 0 unspecified atom stereocenters. The predicted octanol–water partition coefficient (Wildman–Crippen LogP) is 3.71. The van der Waals surface area contributed by atoms with Gasteiger partial charge in [-0.25, -0.2) is 0 Å². The summed E-state index contributed by atoms with van der Waals surface area (Å²) in [6.45, 7) is 4.04. The first-order valence-electron chi connectivity index (χ1n) is 7.49. The van der Waals surface area contributed by atoms with Crippen LogP contribution in [0, 0.1) is 0 Å². The van der Waals surface area contributed by atoms with E-state index in [-0.39, 0.29) is 5.54 Å². The van der Waals surface area contributed by atoms with Gasteiger partial charge in [-0.15, -0.1) is 0 Å². The summed E-state index contributed by atoms with van der Waals surface area (Å²) < 4.78 is 11.9. The molecule has 21 heavy (non-hydrogen) atoms. The molecule has 0 saturated carbocycles. The molecule has 1 saturated heterocycles. The Balaban J connectivity index is 1.67. The second-order valence-corrected chi connectivity index (χ2v) is 6.09. The zero-order chi connectivity index (χ0) is 14.3. The third kappa shape index (κ3) is 2.18. The fraction of sp³-hybridized carbons (Fsp3) is 0.333. The number of benzene rings is 2. The summed E-state index contributed by atoms with van der Waals surface area (Å²) in [4.78, 5) is 0. The van der Waals surface area contributed by atoms with Crippen molar-refractivity contribution in [3.05, 3.63) is 54.1 Å². The van der Waals surface area contributed by atoms with Crippen LogP contribution >= 0.6 is 0 Å². The van der Waals surface area contributed by atoms with Gasteiger partial charge in [0.1, 0.15) is 23.9 Å². The van der Waals surface area contributed by atoms with Gasteiger partial charge in [-0.2, -0.15) is 0 Å². The van der Waals surface area contributed by atoms with Gasteiger partial charge in [0.2, 0.25) is 0 Å². The Morgan fingerprint density at radius 2 is 2.00 bits per heavy atom. The average Bonchev–Trinajstić information content (AvgIpc) is 2.90. The van der Waals surface area contributed by atoms with Crippen LogP contribution in [0.25, 0.3) is 0 Å². The molecule has 3 nitrogen and oxygen atoms in total. The number of nitrogens with one attached hydrogen (secondary N) is 1. The average molecular weight is 281 g/mol. The van der Waals surface area contributed by atoms with Crippen LogP contribution in [0.4, 0.5) is 0 Å². The van der Waals surface area contributed by atoms with E-state index >= 15 is 0 Å². The molecule has 0 aromatic heterocycles. The Bertz CT molecular complexity index is 656. The Morgan fingerprint density at radius 3 is 2.86 bits per heavy atom. The molecular weight excluding hydrogens is 262 g/mol. The zero-order valence-electron chi connectivity index (χ0n) is 12.1. The summed E-state index contributed by atoms with van der Waals surface area (Å²) in [5.41, 5.74) is 1.32. The Hall–Kier alpha value is -2.00. The lowest BCUT2D eigenvalue weighted by Crippen LogP contribution is -2.48. The van der Waals surface area contributed by atoms with Crippen molar-refractivity contribution in [3.63, 3.8) is 0 Å². The van der Waals surface area contributed by atoms with E-state index in [1.54, 1.807) is 0 Å². The predicted molar refractivity (Wildman–Crippen MR) is 82.2 cm³/mol. The van der Waals surface area contributed by atoms with Crippen molar-refractivity contribution in [2.45, 2.75) is 24.8 Å². The summed E-state index contributed by atoms with van der Waals surface area (Å²) in [6, 6.07) is 16.0. The Morgan fingerprint density at radius 1 is 1.14 bits per heavy atom. The topological polar surface area (TPSA) is 30.5 Å². The first kappa shape index (κ1) is 12.7. The maximum Gasteiger partial charge on any atom is 0.127 e. The van der Waals surface area contributed by atoms with Crippen molar-refractivity contribution in [2.75, 3.05) is 13.2 Å². The molecule has 2 aliphatic heterocycles. The minimum absolute atomic E-state index is 0.0539. The van der Waals surface area contributed by atoms with Gasteiger partial charge >= 0.3 is 0 Å². The molecule has 0 spiro atoms. The van der Waals surface area contributed by atoms with Crippen LogP contribution in [0.2, 0.25) is 0 Å². The fourth-order valence-electron chi connectivity index (χ4n) is 3.44. The van der Waals surface area contributed by atoms with Gasteiger partial charge in [-0.05, 0) is 50.2 Å². The van der Waals surface area contributed by atoms with Gasteiger partial charge in [0.25, 0.3) is 0 Å². The zero-order valence-corrected chi connectivity index (χ0v) is 12.1. The molecule has 3 heteroatoms. The fourth-order valence-corrected chi connectivity index (χ4v) is 3.44. The molecule has 1 N–H and O–H groups in total. The number of hydrogen-bond acceptors (Lipinski definition) is 3. The van der Waals surface area contributed by atoms with E-state index in [1.165, 1.54) is 5.56 Å². The van der Waals surface area contributed by atoms with E-state index in [1.807, 2.05) is 42.5 Å². The molecule has 2 heterocycles. The quantitative estimate of drug-likeness (QED) is 0.910. The molecule has 1 fully saturated rings. The molecule has 2 aliphatic rings. The SMILES string of the molecule is C[C@@]12COc3ccc(Oc4ccccc4)cc3[C@@H]1CCN2. The summed E-state index contributed by atoms with van der Waals surface area (Å²) in [6.07, 6.45) is 1.15. The van der Waals surface area contributed by atoms with Crippen molar-refractivity contribution in [2.24, 2.45) is 0 Å². The largest absolute Gasteiger partial charge is 0.491 e. The molecule has 2 atom stereocenters. The van der Waals surface area contributed by atoms with E-state index in [0.29, 0.717) is 5.92 Å². The minimum atomic E-state index is 0.0539. The third-order valence-corrected chi connectivity index (χ3v) is 4.59. The summed E-state index contributed by atoms with van der Waals surface area (Å²) in [7, 11) is 0. The molecular formula is C18H19NO2. The van der Waals surface area contributed by atoms with Crippen molar-refractivity contribution in [3.8, 4) is 17.2 Å². The van der Waals surface area contributed by atoms with Crippen LogP contribution in [-0.4, -0.2) is 18.7 Å². The first-order chi connectivity index (χ1) is 10.2. The summed E-state index contributed by atoms with van der Waals surface area (Å²) in [5.74, 6) is 3.24. The maximum absolute atomic E-state index is 5.95. The van der Waals surface area contributed by atoms with E-state index in [4.69, 9.17) is 9.47 Å². The standard InChI is InChI=1S/C18H19NO2/c1-18-12-20-17-8-7-14(21-13-5-3-2-4-6-13)11-15(17)16(18)9-10-19-18/h2-8,11,16,19H,9-10,12H2,1H3/t16-,18+/m0/s1. The van der Waals surface area contributed by atoms with Crippen LogP contribution < -0.4 is 14.8 Å². The smallest absolute Gasteiger partial charge is 0.127 e.